The van der Waals surface area contributed by atoms with E-state index in [1.807, 2.05) is 55.5 Å². The van der Waals surface area contributed by atoms with Gasteiger partial charge in [0.25, 0.3) is 0 Å². The first-order valence-corrected chi connectivity index (χ1v) is 8.37. The second kappa shape index (κ2) is 7.16. The lowest BCUT2D eigenvalue weighted by Gasteiger charge is -2.38. The Morgan fingerprint density at radius 1 is 1.00 bits per heavy atom. The van der Waals surface area contributed by atoms with Gasteiger partial charge in [-0.2, -0.15) is 0 Å². The van der Waals surface area contributed by atoms with E-state index in [0.29, 0.717) is 0 Å². The molecule has 0 aromatic heterocycles. The van der Waals surface area contributed by atoms with Gasteiger partial charge in [0.2, 0.25) is 0 Å². The molecule has 2 aromatic carbocycles. The van der Waals surface area contributed by atoms with Crippen LogP contribution in [0.25, 0.3) is 0 Å². The van der Waals surface area contributed by atoms with Crippen LogP contribution in [0.5, 0.6) is 0 Å². The molecule has 23 heavy (non-hydrogen) atoms. The van der Waals surface area contributed by atoms with Crippen molar-refractivity contribution < 1.29 is 4.79 Å². The predicted octanol–water partition coefficient (Wildman–Crippen LogP) is 3.73. The topological polar surface area (TPSA) is 23.6 Å². The molecular weight excluding hydrogens is 308 g/mol. The van der Waals surface area contributed by atoms with Crippen molar-refractivity contribution in [1.29, 1.82) is 0 Å². The van der Waals surface area contributed by atoms with Gasteiger partial charge in [0.1, 0.15) is 0 Å². The number of hydrogen-bond acceptors (Lipinski definition) is 3. The van der Waals surface area contributed by atoms with Crippen molar-refractivity contribution in [2.75, 3.05) is 31.1 Å². The first-order valence-electron chi connectivity index (χ1n) is 7.99. The minimum absolute atomic E-state index is 0.0843. The quantitative estimate of drug-likeness (QED) is 0.799. The monoisotopic (exact) mass is 328 g/mol. The lowest BCUT2D eigenvalue weighted by atomic mass is 10.0. The van der Waals surface area contributed by atoms with Gasteiger partial charge in [0.15, 0.2) is 5.78 Å². The Kier molecular flexibility index (Phi) is 4.99. The van der Waals surface area contributed by atoms with Crippen LogP contribution in [0.4, 0.5) is 5.69 Å². The first kappa shape index (κ1) is 16.0. The van der Waals surface area contributed by atoms with Crippen molar-refractivity contribution in [2.45, 2.75) is 13.0 Å². The van der Waals surface area contributed by atoms with Crippen molar-refractivity contribution >= 4 is 23.1 Å². The van der Waals surface area contributed by atoms with Crippen LogP contribution in [-0.4, -0.2) is 42.9 Å². The summed E-state index contributed by atoms with van der Waals surface area (Å²) in [7, 11) is 0. The van der Waals surface area contributed by atoms with E-state index >= 15 is 0 Å². The highest BCUT2D eigenvalue weighted by Gasteiger charge is 2.26. The van der Waals surface area contributed by atoms with E-state index in [0.717, 1.165) is 42.5 Å². The summed E-state index contributed by atoms with van der Waals surface area (Å²) in [5.74, 6) is 0.196. The maximum absolute atomic E-state index is 12.6. The van der Waals surface area contributed by atoms with Gasteiger partial charge >= 0.3 is 0 Å². The Labute approximate surface area is 142 Å². The summed E-state index contributed by atoms with van der Waals surface area (Å²) in [4.78, 5) is 17.1. The molecule has 0 radical (unpaired) electrons. The maximum Gasteiger partial charge on any atom is 0.179 e. The van der Waals surface area contributed by atoms with E-state index in [9.17, 15) is 4.79 Å². The minimum atomic E-state index is -0.0843. The summed E-state index contributed by atoms with van der Waals surface area (Å²) in [6.45, 7) is 5.59. The molecule has 1 saturated heterocycles. The number of Topliss-reactive ketones (excluding diaryl/α,β-unsaturated/α-hetero) is 1. The van der Waals surface area contributed by atoms with Crippen LogP contribution >= 0.6 is 11.6 Å². The summed E-state index contributed by atoms with van der Waals surface area (Å²) >= 11 is 6.07. The molecule has 120 valence electrons. The predicted molar refractivity (Wildman–Crippen MR) is 95.5 cm³/mol. The Hall–Kier alpha value is -1.84. The van der Waals surface area contributed by atoms with Crippen LogP contribution in [0.2, 0.25) is 5.02 Å². The molecule has 1 heterocycles. The fraction of sp³-hybridized carbons (Fsp3) is 0.316. The fourth-order valence-corrected chi connectivity index (χ4v) is 3.23. The molecule has 0 saturated carbocycles. The van der Waals surface area contributed by atoms with Gasteiger partial charge < -0.3 is 4.90 Å². The summed E-state index contributed by atoms with van der Waals surface area (Å²) in [5.41, 5.74) is 1.94. The molecule has 0 spiro atoms. The van der Waals surface area contributed by atoms with Crippen molar-refractivity contribution in [3.8, 4) is 0 Å². The van der Waals surface area contributed by atoms with Crippen LogP contribution in [0, 0.1) is 0 Å². The van der Waals surface area contributed by atoms with Crippen molar-refractivity contribution in [3.63, 3.8) is 0 Å². The molecule has 2 aromatic rings. The summed E-state index contributed by atoms with van der Waals surface area (Å²) in [6, 6.07) is 17.4. The molecule has 3 rings (SSSR count). The summed E-state index contributed by atoms with van der Waals surface area (Å²) < 4.78 is 0. The van der Waals surface area contributed by atoms with Crippen LogP contribution in [0.3, 0.4) is 0 Å². The van der Waals surface area contributed by atoms with Gasteiger partial charge in [-0.15, -0.1) is 0 Å². The number of nitrogens with zero attached hydrogens (tertiary/aromatic N) is 2. The molecule has 1 atom stereocenters. The number of ketones is 1. The molecule has 0 amide bonds. The molecule has 0 bridgehead atoms. The zero-order valence-electron chi connectivity index (χ0n) is 13.3. The van der Waals surface area contributed by atoms with Gasteiger partial charge in [0.05, 0.1) is 6.04 Å². The van der Waals surface area contributed by atoms with Crippen molar-refractivity contribution in [3.05, 3.63) is 65.2 Å². The lowest BCUT2D eigenvalue weighted by Crippen LogP contribution is -2.51. The summed E-state index contributed by atoms with van der Waals surface area (Å²) in [6.07, 6.45) is 0. The van der Waals surface area contributed by atoms with Crippen LogP contribution < -0.4 is 4.90 Å². The number of carbonyl (C=O) groups is 1. The average Bonchev–Trinajstić information content (AvgIpc) is 2.61. The summed E-state index contributed by atoms with van der Waals surface area (Å²) in [5, 5.41) is 0.762. The third kappa shape index (κ3) is 3.74. The Bertz CT molecular complexity index is 666. The van der Waals surface area contributed by atoms with Gasteiger partial charge in [-0.3, -0.25) is 9.69 Å². The first-order chi connectivity index (χ1) is 11.1. The highest BCUT2D eigenvalue weighted by atomic mass is 35.5. The molecular formula is C19H21ClN2O. The molecule has 4 heteroatoms. The van der Waals surface area contributed by atoms with Crippen LogP contribution in [0.1, 0.15) is 17.3 Å². The van der Waals surface area contributed by atoms with E-state index in [1.54, 1.807) is 0 Å². The third-order valence-electron chi connectivity index (χ3n) is 4.47. The zero-order valence-corrected chi connectivity index (χ0v) is 14.0. The molecule has 1 unspecified atom stereocenters. The maximum atomic E-state index is 12.6. The number of piperazine rings is 1. The molecule has 0 N–H and O–H groups in total. The number of rotatable bonds is 4. The SMILES string of the molecule is CC(C(=O)c1ccccc1)N1CCN(c2cccc(Cl)c2)CC1. The number of halogens is 1. The molecule has 1 aliphatic heterocycles. The number of benzene rings is 2. The Morgan fingerprint density at radius 2 is 1.70 bits per heavy atom. The van der Waals surface area contributed by atoms with E-state index in [4.69, 9.17) is 11.6 Å². The Morgan fingerprint density at radius 3 is 2.35 bits per heavy atom. The van der Waals surface area contributed by atoms with E-state index < -0.39 is 0 Å². The van der Waals surface area contributed by atoms with Gasteiger partial charge in [-0.1, -0.05) is 48.0 Å². The molecule has 1 aliphatic rings. The number of hydrogen-bond donors (Lipinski definition) is 0. The zero-order chi connectivity index (χ0) is 16.2. The highest BCUT2D eigenvalue weighted by molar-refractivity contribution is 6.30. The van der Waals surface area contributed by atoms with E-state index in [2.05, 4.69) is 15.9 Å². The third-order valence-corrected chi connectivity index (χ3v) is 4.71. The van der Waals surface area contributed by atoms with Crippen LogP contribution in [0.15, 0.2) is 54.6 Å². The molecule has 1 fully saturated rings. The van der Waals surface area contributed by atoms with Gasteiger partial charge in [0, 0.05) is 42.5 Å². The van der Waals surface area contributed by atoms with E-state index in [-0.39, 0.29) is 11.8 Å². The average molecular weight is 329 g/mol. The largest absolute Gasteiger partial charge is 0.369 e. The Balaban J connectivity index is 1.61. The highest BCUT2D eigenvalue weighted by Crippen LogP contribution is 2.21. The van der Waals surface area contributed by atoms with Crippen LogP contribution in [-0.2, 0) is 0 Å². The second-order valence-electron chi connectivity index (χ2n) is 5.91. The standard InChI is InChI=1S/C19H21ClN2O/c1-15(19(23)16-6-3-2-4-7-16)21-10-12-22(13-11-21)18-9-5-8-17(20)14-18/h2-9,14-15H,10-13H2,1H3. The van der Waals surface area contributed by atoms with Crippen molar-refractivity contribution in [1.82, 2.24) is 4.90 Å². The second-order valence-corrected chi connectivity index (χ2v) is 6.35. The smallest absolute Gasteiger partial charge is 0.179 e. The van der Waals surface area contributed by atoms with Crippen molar-refractivity contribution in [2.24, 2.45) is 0 Å². The van der Waals surface area contributed by atoms with E-state index in [1.165, 1.54) is 0 Å². The minimum Gasteiger partial charge on any atom is -0.369 e. The molecule has 0 aliphatic carbocycles. The van der Waals surface area contributed by atoms with Gasteiger partial charge in [-0.25, -0.2) is 0 Å². The normalized spacial score (nSPS) is 17.0. The lowest BCUT2D eigenvalue weighted by molar-refractivity contribution is 0.0830. The van der Waals surface area contributed by atoms with Gasteiger partial charge in [-0.05, 0) is 25.1 Å². The number of anilines is 1. The molecule has 3 nitrogen and oxygen atoms in total. The number of carbonyl (C=O) groups excluding carboxylic acids is 1. The fourth-order valence-electron chi connectivity index (χ4n) is 3.05.